The molecule has 1 fully saturated rings. The Labute approximate surface area is 142 Å². The minimum atomic E-state index is 0.0991. The van der Waals surface area contributed by atoms with Gasteiger partial charge in [0.2, 0.25) is 5.91 Å². The molecule has 1 aromatic carbocycles. The van der Waals surface area contributed by atoms with Crippen molar-refractivity contribution in [2.75, 3.05) is 25.1 Å². The normalized spacial score (nSPS) is 20.0. The second kappa shape index (κ2) is 6.95. The minimum absolute atomic E-state index is 0.0991. The van der Waals surface area contributed by atoms with Crippen molar-refractivity contribution in [3.05, 3.63) is 29.6 Å². The van der Waals surface area contributed by atoms with Gasteiger partial charge in [-0.25, -0.2) is 4.98 Å². The number of nitrogens with zero attached hydrogens (tertiary/aromatic N) is 2. The predicted octanol–water partition coefficient (Wildman–Crippen LogP) is 3.58. The van der Waals surface area contributed by atoms with Gasteiger partial charge < -0.3 is 9.88 Å². The number of rotatable bonds is 4. The third-order valence-corrected chi connectivity index (χ3v) is 5.45. The highest BCUT2D eigenvalue weighted by Gasteiger charge is 2.28. The number of thioether (sulfide) groups is 1. The number of nitrogens with one attached hydrogen (secondary N) is 1. The summed E-state index contributed by atoms with van der Waals surface area (Å²) in [7, 11) is 0. The number of likely N-dealkylation sites (tertiary alicyclic amines) is 1. The van der Waals surface area contributed by atoms with Crippen molar-refractivity contribution < 1.29 is 4.79 Å². The largest absolute Gasteiger partial charge is 0.342 e. The standard InChI is InChI=1S/C18H25N3OS/c1-12-6-7-15-16(9-12)20-17(19-15)14-5-4-8-21(10-14)18(22)13(2)11-23-3/h6-7,9,13-14H,4-5,8,10-11H2,1-3H3,(H,19,20). The summed E-state index contributed by atoms with van der Waals surface area (Å²) in [5, 5.41) is 0. The maximum atomic E-state index is 12.6. The molecule has 0 radical (unpaired) electrons. The molecule has 2 aromatic rings. The van der Waals surface area contributed by atoms with Gasteiger partial charge in [0, 0.05) is 30.7 Å². The molecule has 1 aliphatic heterocycles. The minimum Gasteiger partial charge on any atom is -0.342 e. The first-order valence-electron chi connectivity index (χ1n) is 8.32. The lowest BCUT2D eigenvalue weighted by Crippen LogP contribution is -2.42. The van der Waals surface area contributed by atoms with Crippen LogP contribution in [0.1, 0.15) is 37.1 Å². The molecular formula is C18H25N3OS. The van der Waals surface area contributed by atoms with Crippen LogP contribution in [0.15, 0.2) is 18.2 Å². The number of carbonyl (C=O) groups excluding carboxylic acids is 1. The number of aryl methyl sites for hydroxylation is 1. The zero-order valence-electron chi connectivity index (χ0n) is 14.1. The summed E-state index contributed by atoms with van der Waals surface area (Å²) in [5.41, 5.74) is 3.35. The van der Waals surface area contributed by atoms with Crippen LogP contribution in [-0.2, 0) is 4.79 Å². The Hall–Kier alpha value is -1.49. The van der Waals surface area contributed by atoms with Crippen molar-refractivity contribution in [1.29, 1.82) is 0 Å². The fourth-order valence-corrected chi connectivity index (χ4v) is 4.01. The summed E-state index contributed by atoms with van der Waals surface area (Å²) in [6.07, 6.45) is 4.21. The van der Waals surface area contributed by atoms with E-state index >= 15 is 0 Å². The zero-order valence-corrected chi connectivity index (χ0v) is 14.9. The van der Waals surface area contributed by atoms with E-state index in [1.54, 1.807) is 11.8 Å². The van der Waals surface area contributed by atoms with E-state index in [-0.39, 0.29) is 11.8 Å². The molecule has 3 rings (SSSR count). The van der Waals surface area contributed by atoms with Crippen molar-refractivity contribution >= 4 is 28.7 Å². The number of benzene rings is 1. The third-order valence-electron chi connectivity index (χ3n) is 4.61. The van der Waals surface area contributed by atoms with Gasteiger partial charge in [0.15, 0.2) is 0 Å². The fourth-order valence-electron chi connectivity index (χ4n) is 3.37. The molecule has 1 aliphatic rings. The highest BCUT2D eigenvalue weighted by molar-refractivity contribution is 7.98. The van der Waals surface area contributed by atoms with Gasteiger partial charge >= 0.3 is 0 Å². The van der Waals surface area contributed by atoms with Crippen LogP contribution < -0.4 is 0 Å². The second-order valence-corrected chi connectivity index (χ2v) is 7.53. The van der Waals surface area contributed by atoms with E-state index in [2.05, 4.69) is 36.4 Å². The maximum Gasteiger partial charge on any atom is 0.226 e. The third kappa shape index (κ3) is 3.55. The number of aromatic amines is 1. The first-order chi connectivity index (χ1) is 11.1. The Morgan fingerprint density at radius 2 is 2.35 bits per heavy atom. The van der Waals surface area contributed by atoms with Gasteiger partial charge in [0.1, 0.15) is 5.82 Å². The van der Waals surface area contributed by atoms with Gasteiger partial charge in [0.05, 0.1) is 11.0 Å². The molecule has 0 bridgehead atoms. The van der Waals surface area contributed by atoms with Crippen LogP contribution >= 0.6 is 11.8 Å². The van der Waals surface area contributed by atoms with E-state index in [0.29, 0.717) is 5.92 Å². The Bertz CT molecular complexity index is 697. The van der Waals surface area contributed by atoms with Gasteiger partial charge in [-0.15, -0.1) is 0 Å². The van der Waals surface area contributed by atoms with Crippen LogP contribution in [0.4, 0.5) is 0 Å². The molecule has 0 spiro atoms. The first kappa shape index (κ1) is 16.4. The van der Waals surface area contributed by atoms with Crippen molar-refractivity contribution in [2.24, 2.45) is 5.92 Å². The van der Waals surface area contributed by atoms with E-state index in [1.165, 1.54) is 5.56 Å². The molecule has 5 heteroatoms. The van der Waals surface area contributed by atoms with Crippen LogP contribution in [0, 0.1) is 12.8 Å². The molecular weight excluding hydrogens is 306 g/mol. The van der Waals surface area contributed by atoms with Crippen molar-refractivity contribution in [3.8, 4) is 0 Å². The fraction of sp³-hybridized carbons (Fsp3) is 0.556. The number of fused-ring (bicyclic) bond motifs is 1. The molecule has 0 saturated carbocycles. The van der Waals surface area contributed by atoms with Gasteiger partial charge in [-0.05, 0) is 43.7 Å². The molecule has 0 aliphatic carbocycles. The smallest absolute Gasteiger partial charge is 0.226 e. The van der Waals surface area contributed by atoms with Gasteiger partial charge in [-0.1, -0.05) is 13.0 Å². The van der Waals surface area contributed by atoms with Crippen molar-refractivity contribution in [3.63, 3.8) is 0 Å². The number of carbonyl (C=O) groups is 1. The molecule has 23 heavy (non-hydrogen) atoms. The maximum absolute atomic E-state index is 12.6. The lowest BCUT2D eigenvalue weighted by atomic mass is 9.96. The number of hydrogen-bond donors (Lipinski definition) is 1. The molecule has 1 amide bonds. The monoisotopic (exact) mass is 331 g/mol. The quantitative estimate of drug-likeness (QED) is 0.931. The summed E-state index contributed by atoms with van der Waals surface area (Å²) >= 11 is 1.74. The SMILES string of the molecule is CSCC(C)C(=O)N1CCCC(c2nc3ccc(C)cc3[nH]2)C1. The van der Waals surface area contributed by atoms with Crippen LogP contribution in [0.25, 0.3) is 11.0 Å². The number of amides is 1. The predicted molar refractivity (Wildman–Crippen MR) is 96.9 cm³/mol. The number of H-pyrrole nitrogens is 1. The molecule has 124 valence electrons. The van der Waals surface area contributed by atoms with E-state index in [0.717, 1.165) is 48.5 Å². The van der Waals surface area contributed by atoms with Crippen LogP contribution in [0.3, 0.4) is 0 Å². The Morgan fingerprint density at radius 1 is 1.52 bits per heavy atom. The molecule has 1 aromatic heterocycles. The number of aromatic nitrogens is 2. The first-order valence-corrected chi connectivity index (χ1v) is 9.72. The van der Waals surface area contributed by atoms with E-state index in [9.17, 15) is 4.79 Å². The Morgan fingerprint density at radius 3 is 3.13 bits per heavy atom. The second-order valence-electron chi connectivity index (χ2n) is 6.62. The molecule has 2 atom stereocenters. The summed E-state index contributed by atoms with van der Waals surface area (Å²) < 4.78 is 0. The average molecular weight is 331 g/mol. The van der Waals surface area contributed by atoms with Crippen molar-refractivity contribution in [1.82, 2.24) is 14.9 Å². The van der Waals surface area contributed by atoms with Gasteiger partial charge in [-0.2, -0.15) is 11.8 Å². The molecule has 4 nitrogen and oxygen atoms in total. The lowest BCUT2D eigenvalue weighted by Gasteiger charge is -2.33. The van der Waals surface area contributed by atoms with Gasteiger partial charge in [0.25, 0.3) is 0 Å². The summed E-state index contributed by atoms with van der Waals surface area (Å²) in [6, 6.07) is 6.29. The highest BCUT2D eigenvalue weighted by atomic mass is 32.2. The van der Waals surface area contributed by atoms with Crippen molar-refractivity contribution in [2.45, 2.75) is 32.6 Å². The summed E-state index contributed by atoms with van der Waals surface area (Å²) in [6.45, 7) is 5.80. The Kier molecular flexibility index (Phi) is 4.95. The van der Waals surface area contributed by atoms with Crippen LogP contribution in [0.5, 0.6) is 0 Å². The highest BCUT2D eigenvalue weighted by Crippen LogP contribution is 2.28. The molecule has 2 unspecified atom stereocenters. The Balaban J connectivity index is 1.75. The van der Waals surface area contributed by atoms with Crippen LogP contribution in [0.2, 0.25) is 0 Å². The molecule has 1 N–H and O–H groups in total. The average Bonchev–Trinajstić information content (AvgIpc) is 2.97. The summed E-state index contributed by atoms with van der Waals surface area (Å²) in [4.78, 5) is 22.8. The lowest BCUT2D eigenvalue weighted by molar-refractivity contribution is -0.135. The van der Waals surface area contributed by atoms with Gasteiger partial charge in [-0.3, -0.25) is 4.79 Å². The van der Waals surface area contributed by atoms with E-state index in [4.69, 9.17) is 4.98 Å². The summed E-state index contributed by atoms with van der Waals surface area (Å²) in [5.74, 6) is 2.63. The van der Waals surface area contributed by atoms with Crippen LogP contribution in [-0.4, -0.2) is 45.9 Å². The van der Waals surface area contributed by atoms with E-state index < -0.39 is 0 Å². The topological polar surface area (TPSA) is 49.0 Å². The number of imidazole rings is 1. The molecule has 1 saturated heterocycles. The number of hydrogen-bond acceptors (Lipinski definition) is 3. The van der Waals surface area contributed by atoms with E-state index in [1.807, 2.05) is 11.8 Å². The zero-order chi connectivity index (χ0) is 16.4. The number of piperidine rings is 1. The molecule has 2 heterocycles.